The van der Waals surface area contributed by atoms with Gasteiger partial charge in [-0.3, -0.25) is 0 Å². The third-order valence-corrected chi connectivity index (χ3v) is 2.51. The van der Waals surface area contributed by atoms with Crippen molar-refractivity contribution in [3.63, 3.8) is 0 Å². The van der Waals surface area contributed by atoms with E-state index in [9.17, 15) is 4.39 Å². The third-order valence-electron chi connectivity index (χ3n) is 2.51. The lowest BCUT2D eigenvalue weighted by molar-refractivity contribution is 0.383. The Kier molecular flexibility index (Phi) is 4.20. The maximum atomic E-state index is 13.8. The van der Waals surface area contributed by atoms with Crippen LogP contribution in [0.5, 0.6) is 5.75 Å². The topological polar surface area (TPSA) is 47.0 Å². The van der Waals surface area contributed by atoms with Crippen LogP contribution in [0, 0.1) is 5.82 Å². The number of hydrogen-bond donors (Lipinski definition) is 1. The van der Waals surface area contributed by atoms with Crippen LogP contribution < -0.4 is 10.1 Å². The molecule has 0 aliphatic heterocycles. The molecule has 18 heavy (non-hydrogen) atoms. The van der Waals surface area contributed by atoms with Gasteiger partial charge in [0.05, 0.1) is 12.8 Å². The fourth-order valence-electron chi connectivity index (χ4n) is 1.60. The molecule has 0 fully saturated rings. The zero-order valence-electron chi connectivity index (χ0n) is 10.1. The van der Waals surface area contributed by atoms with Crippen LogP contribution >= 0.6 is 0 Å². The summed E-state index contributed by atoms with van der Waals surface area (Å²) in [5.74, 6) is -0.0690. The van der Waals surface area contributed by atoms with E-state index in [2.05, 4.69) is 15.5 Å². The highest BCUT2D eigenvalue weighted by atomic mass is 19.1. The predicted octanol–water partition coefficient (Wildman–Crippen LogP) is 1.91. The number of halogens is 1. The molecule has 1 heterocycles. The van der Waals surface area contributed by atoms with Crippen LogP contribution in [0.4, 0.5) is 4.39 Å². The second-order valence-electron chi connectivity index (χ2n) is 3.75. The van der Waals surface area contributed by atoms with Gasteiger partial charge in [0.15, 0.2) is 11.6 Å². The number of methoxy groups -OCH3 is 1. The van der Waals surface area contributed by atoms with Gasteiger partial charge in [-0.05, 0) is 18.2 Å². The summed E-state index contributed by atoms with van der Waals surface area (Å²) in [6.45, 7) is 0.962. The van der Waals surface area contributed by atoms with Crippen molar-refractivity contribution in [2.75, 3.05) is 7.11 Å². The monoisotopic (exact) mass is 247 g/mol. The Bertz CT molecular complexity index is 505. The van der Waals surface area contributed by atoms with Crippen molar-refractivity contribution in [1.82, 2.24) is 15.5 Å². The van der Waals surface area contributed by atoms with Crippen molar-refractivity contribution in [3.8, 4) is 5.75 Å². The van der Waals surface area contributed by atoms with Crippen LogP contribution in [-0.2, 0) is 13.1 Å². The maximum Gasteiger partial charge on any atom is 0.169 e. The van der Waals surface area contributed by atoms with E-state index < -0.39 is 0 Å². The summed E-state index contributed by atoms with van der Waals surface area (Å²) in [6, 6.07) is 8.77. The average molecular weight is 247 g/mol. The number of ether oxygens (including phenoxy) is 1. The molecule has 0 aliphatic rings. The van der Waals surface area contributed by atoms with Gasteiger partial charge in [-0.15, -0.1) is 0 Å². The number of rotatable bonds is 5. The van der Waals surface area contributed by atoms with Gasteiger partial charge in [-0.2, -0.15) is 10.2 Å². The molecule has 1 aromatic heterocycles. The molecule has 1 N–H and O–H groups in total. The summed E-state index contributed by atoms with van der Waals surface area (Å²) >= 11 is 0. The molecule has 5 heteroatoms. The average Bonchev–Trinajstić information content (AvgIpc) is 2.42. The van der Waals surface area contributed by atoms with Crippen molar-refractivity contribution in [2.24, 2.45) is 0 Å². The molecule has 0 aliphatic carbocycles. The van der Waals surface area contributed by atoms with Crippen LogP contribution in [0.3, 0.4) is 0 Å². The number of benzene rings is 1. The smallest absolute Gasteiger partial charge is 0.169 e. The molecule has 0 bridgehead atoms. The van der Waals surface area contributed by atoms with Gasteiger partial charge in [-0.25, -0.2) is 4.39 Å². The highest BCUT2D eigenvalue weighted by Crippen LogP contribution is 2.19. The van der Waals surface area contributed by atoms with Gasteiger partial charge in [0.25, 0.3) is 0 Å². The molecule has 1 aromatic carbocycles. The van der Waals surface area contributed by atoms with E-state index in [1.807, 2.05) is 12.1 Å². The van der Waals surface area contributed by atoms with Gasteiger partial charge in [0, 0.05) is 24.8 Å². The summed E-state index contributed by atoms with van der Waals surface area (Å²) < 4.78 is 18.7. The molecule has 4 nitrogen and oxygen atoms in total. The summed E-state index contributed by atoms with van der Waals surface area (Å²) in [5.41, 5.74) is 1.39. The Morgan fingerprint density at radius 3 is 2.83 bits per heavy atom. The molecular formula is C13H14FN3O. The molecule has 2 aromatic rings. The standard InChI is InChI=1S/C13H14FN3O/c1-18-12-6-2-4-10(13(12)14)8-15-9-11-5-3-7-16-17-11/h2-7,15H,8-9H2,1H3. The summed E-state index contributed by atoms with van der Waals surface area (Å²) in [4.78, 5) is 0. The van der Waals surface area contributed by atoms with E-state index in [1.165, 1.54) is 7.11 Å². The zero-order valence-corrected chi connectivity index (χ0v) is 10.1. The van der Waals surface area contributed by atoms with Crippen LogP contribution in [0.25, 0.3) is 0 Å². The van der Waals surface area contributed by atoms with Gasteiger partial charge < -0.3 is 10.1 Å². The quantitative estimate of drug-likeness (QED) is 0.876. The van der Waals surface area contributed by atoms with E-state index in [0.717, 1.165) is 5.69 Å². The van der Waals surface area contributed by atoms with E-state index >= 15 is 0 Å². The molecule has 0 atom stereocenters. The van der Waals surface area contributed by atoms with E-state index in [0.29, 0.717) is 18.7 Å². The van der Waals surface area contributed by atoms with Gasteiger partial charge >= 0.3 is 0 Å². The highest BCUT2D eigenvalue weighted by Gasteiger charge is 2.07. The van der Waals surface area contributed by atoms with Gasteiger partial charge in [0.1, 0.15) is 0 Å². The molecule has 0 spiro atoms. The fourth-order valence-corrected chi connectivity index (χ4v) is 1.60. The molecule has 0 radical (unpaired) electrons. The number of nitrogens with one attached hydrogen (secondary N) is 1. The zero-order chi connectivity index (χ0) is 12.8. The van der Waals surface area contributed by atoms with E-state index in [4.69, 9.17) is 4.74 Å². The Hall–Kier alpha value is -2.01. The first-order chi connectivity index (χ1) is 8.81. The Morgan fingerprint density at radius 2 is 2.11 bits per heavy atom. The number of nitrogens with zero attached hydrogens (tertiary/aromatic N) is 2. The minimum Gasteiger partial charge on any atom is -0.494 e. The van der Waals surface area contributed by atoms with E-state index in [1.54, 1.807) is 24.4 Å². The lowest BCUT2D eigenvalue weighted by Crippen LogP contribution is -2.15. The Morgan fingerprint density at radius 1 is 1.22 bits per heavy atom. The first-order valence-corrected chi connectivity index (χ1v) is 5.60. The van der Waals surface area contributed by atoms with Crippen molar-refractivity contribution in [3.05, 3.63) is 53.6 Å². The first kappa shape index (κ1) is 12.4. The number of hydrogen-bond acceptors (Lipinski definition) is 4. The molecular weight excluding hydrogens is 233 g/mol. The second-order valence-corrected chi connectivity index (χ2v) is 3.75. The largest absolute Gasteiger partial charge is 0.494 e. The molecule has 94 valence electrons. The summed E-state index contributed by atoms with van der Waals surface area (Å²) in [5, 5.41) is 10.8. The van der Waals surface area contributed by atoms with Crippen LogP contribution in [0.2, 0.25) is 0 Å². The predicted molar refractivity (Wildman–Crippen MR) is 65.5 cm³/mol. The molecule has 0 saturated heterocycles. The minimum atomic E-state index is -0.327. The fraction of sp³-hybridized carbons (Fsp3) is 0.231. The van der Waals surface area contributed by atoms with Crippen LogP contribution in [0.15, 0.2) is 36.5 Å². The SMILES string of the molecule is COc1cccc(CNCc2cccnn2)c1F. The van der Waals surface area contributed by atoms with Gasteiger partial charge in [-0.1, -0.05) is 12.1 Å². The van der Waals surface area contributed by atoms with Crippen molar-refractivity contribution < 1.29 is 9.13 Å². The Labute approximate surface area is 105 Å². The lowest BCUT2D eigenvalue weighted by atomic mass is 10.2. The first-order valence-electron chi connectivity index (χ1n) is 5.60. The molecule has 0 amide bonds. The third kappa shape index (κ3) is 3.01. The Balaban J connectivity index is 1.95. The van der Waals surface area contributed by atoms with Crippen LogP contribution in [0.1, 0.15) is 11.3 Å². The summed E-state index contributed by atoms with van der Waals surface area (Å²) in [7, 11) is 1.45. The minimum absolute atomic E-state index is 0.258. The molecule has 0 unspecified atom stereocenters. The number of aromatic nitrogens is 2. The van der Waals surface area contributed by atoms with Crippen molar-refractivity contribution in [2.45, 2.75) is 13.1 Å². The van der Waals surface area contributed by atoms with Gasteiger partial charge in [0.2, 0.25) is 0 Å². The lowest BCUT2D eigenvalue weighted by Gasteiger charge is -2.08. The second kappa shape index (κ2) is 6.07. The normalized spacial score (nSPS) is 10.3. The van der Waals surface area contributed by atoms with E-state index in [-0.39, 0.29) is 11.6 Å². The van der Waals surface area contributed by atoms with Crippen molar-refractivity contribution >= 4 is 0 Å². The summed E-state index contributed by atoms with van der Waals surface area (Å²) in [6.07, 6.45) is 1.62. The van der Waals surface area contributed by atoms with Crippen molar-refractivity contribution in [1.29, 1.82) is 0 Å². The van der Waals surface area contributed by atoms with Crippen LogP contribution in [-0.4, -0.2) is 17.3 Å². The maximum absolute atomic E-state index is 13.8. The molecule has 0 saturated carbocycles. The highest BCUT2D eigenvalue weighted by molar-refractivity contribution is 5.30. The molecule has 2 rings (SSSR count).